The van der Waals surface area contributed by atoms with Crippen LogP contribution < -0.4 is 5.14 Å². The van der Waals surface area contributed by atoms with Crippen molar-refractivity contribution in [2.24, 2.45) is 5.14 Å². The van der Waals surface area contributed by atoms with E-state index < -0.39 is 10.3 Å². The van der Waals surface area contributed by atoms with Crippen LogP contribution in [0.5, 0.6) is 0 Å². The van der Waals surface area contributed by atoms with Crippen LogP contribution in [0.3, 0.4) is 0 Å². The fraction of sp³-hybridized carbons (Fsp3) is 1.00. The Morgan fingerprint density at radius 3 is 2.10 bits per heavy atom. The Balaban J connectivity index is 0.000000810. The number of hydrogen-bond acceptors (Lipinski definition) is 4. The molecule has 0 spiro atoms. The minimum atomic E-state index is -3.70. The molecule has 0 amide bonds. The van der Waals surface area contributed by atoms with Crippen LogP contribution in [0, 0.1) is 0 Å². The van der Waals surface area contributed by atoms with E-state index in [-0.39, 0.29) is 35.7 Å². The Bertz CT molecular complexity index is 188. The third-order valence-electron chi connectivity index (χ3n) is 0.878. The second kappa shape index (κ2) is 4.30. The van der Waals surface area contributed by atoms with Gasteiger partial charge in [0.25, 0.3) is 0 Å². The summed E-state index contributed by atoms with van der Waals surface area (Å²) < 4.78 is 24.8. The molecule has 1 aliphatic rings. The summed E-state index contributed by atoms with van der Waals surface area (Å²) in [6, 6.07) is 0. The van der Waals surface area contributed by atoms with Crippen LogP contribution >= 0.6 is 11.8 Å². The first-order valence-electron chi connectivity index (χ1n) is 2.37. The molecular weight excluding hydrogens is 185 g/mol. The van der Waals surface area contributed by atoms with E-state index >= 15 is 0 Å². The zero-order valence-electron chi connectivity index (χ0n) is 4.61. The Labute approximate surface area is 86.4 Å². The predicted molar refractivity (Wildman–Crippen MR) is 42.5 cm³/mol. The van der Waals surface area contributed by atoms with Crippen molar-refractivity contribution in [3.05, 3.63) is 0 Å². The van der Waals surface area contributed by atoms with Crippen molar-refractivity contribution in [2.75, 3.05) is 11.5 Å². The summed E-state index contributed by atoms with van der Waals surface area (Å²) in [5, 5.41) is 4.59. The van der Waals surface area contributed by atoms with Crippen molar-refractivity contribution >= 4 is 51.6 Å². The molecule has 0 atom stereocenters. The molecule has 1 fully saturated rings. The molecule has 1 saturated heterocycles. The van der Waals surface area contributed by atoms with Crippen molar-refractivity contribution in [2.45, 2.75) is 6.10 Å². The molecule has 0 aliphatic carbocycles. The second-order valence-electron chi connectivity index (χ2n) is 1.75. The first-order valence-corrected chi connectivity index (χ1v) is 4.99. The van der Waals surface area contributed by atoms with Gasteiger partial charge in [0.05, 0.1) is 6.10 Å². The first kappa shape index (κ1) is 11.2. The molecule has 1 heterocycles. The van der Waals surface area contributed by atoms with Gasteiger partial charge in [0.2, 0.25) is 0 Å². The topological polar surface area (TPSA) is 69.4 Å². The van der Waals surface area contributed by atoms with Gasteiger partial charge in [-0.2, -0.15) is 20.2 Å². The molecule has 1 rings (SSSR count). The van der Waals surface area contributed by atoms with E-state index in [4.69, 9.17) is 0 Å². The van der Waals surface area contributed by atoms with Gasteiger partial charge in [-0.25, -0.2) is 5.14 Å². The number of thioether (sulfide) groups is 1. The molecule has 4 nitrogen and oxygen atoms in total. The average molecular weight is 193 g/mol. The van der Waals surface area contributed by atoms with Crippen LogP contribution in [0.1, 0.15) is 0 Å². The van der Waals surface area contributed by atoms with Gasteiger partial charge in [0.1, 0.15) is 0 Å². The molecule has 2 N–H and O–H groups in total. The van der Waals surface area contributed by atoms with Crippen LogP contribution in [0.4, 0.5) is 0 Å². The molecule has 10 heavy (non-hydrogen) atoms. The Kier molecular flexibility index (Phi) is 4.82. The molecular formula is C3H8NNaO3S2. The van der Waals surface area contributed by atoms with E-state index in [9.17, 15) is 8.42 Å². The van der Waals surface area contributed by atoms with E-state index in [1.165, 1.54) is 0 Å². The van der Waals surface area contributed by atoms with E-state index in [2.05, 4.69) is 9.32 Å². The summed E-state index contributed by atoms with van der Waals surface area (Å²) in [7, 11) is -3.70. The molecule has 0 aromatic rings. The molecule has 1 aliphatic heterocycles. The van der Waals surface area contributed by atoms with Crippen LogP contribution in [-0.4, -0.2) is 55.6 Å². The molecule has 0 aromatic heterocycles. The zero-order valence-corrected chi connectivity index (χ0v) is 6.24. The van der Waals surface area contributed by atoms with E-state index in [1.54, 1.807) is 11.8 Å². The summed E-state index contributed by atoms with van der Waals surface area (Å²) in [6.07, 6.45) is -0.176. The summed E-state index contributed by atoms with van der Waals surface area (Å²) >= 11 is 1.64. The van der Waals surface area contributed by atoms with E-state index in [1.807, 2.05) is 0 Å². The summed E-state index contributed by atoms with van der Waals surface area (Å²) in [5.41, 5.74) is 0. The molecule has 0 bridgehead atoms. The SMILES string of the molecule is NS(=O)(=O)OC1CSC1.[NaH]. The van der Waals surface area contributed by atoms with Crippen LogP contribution in [0.15, 0.2) is 0 Å². The molecule has 0 saturated carbocycles. The van der Waals surface area contributed by atoms with Gasteiger partial charge in [-0.05, 0) is 0 Å². The molecule has 7 heteroatoms. The number of hydrogen-bond donors (Lipinski definition) is 1. The van der Waals surface area contributed by atoms with Gasteiger partial charge in [-0.1, -0.05) is 0 Å². The third-order valence-corrected chi connectivity index (χ3v) is 2.63. The van der Waals surface area contributed by atoms with Crippen molar-refractivity contribution in [3.8, 4) is 0 Å². The number of rotatable bonds is 2. The van der Waals surface area contributed by atoms with Crippen molar-refractivity contribution in [1.82, 2.24) is 0 Å². The standard InChI is InChI=1S/C3H7NO3S2.Na.H/c4-9(5,6)7-3-1-8-2-3;;/h3H,1-2H2,(H2,4,5,6);;. The van der Waals surface area contributed by atoms with Crippen molar-refractivity contribution in [1.29, 1.82) is 0 Å². The van der Waals surface area contributed by atoms with Gasteiger partial charge in [-0.15, -0.1) is 0 Å². The van der Waals surface area contributed by atoms with Crippen LogP contribution in [0.2, 0.25) is 0 Å². The van der Waals surface area contributed by atoms with E-state index in [0.29, 0.717) is 0 Å². The van der Waals surface area contributed by atoms with Gasteiger partial charge in [0, 0.05) is 11.5 Å². The van der Waals surface area contributed by atoms with Gasteiger partial charge in [0.15, 0.2) is 0 Å². The summed E-state index contributed by atoms with van der Waals surface area (Å²) in [4.78, 5) is 0. The van der Waals surface area contributed by atoms with Crippen molar-refractivity contribution in [3.63, 3.8) is 0 Å². The Hall–Kier alpha value is 1.22. The summed E-state index contributed by atoms with van der Waals surface area (Å²) in [6.45, 7) is 0. The Morgan fingerprint density at radius 1 is 1.50 bits per heavy atom. The maximum absolute atomic E-state index is 10.2. The molecule has 0 aromatic carbocycles. The van der Waals surface area contributed by atoms with Gasteiger partial charge in [-0.3, -0.25) is 4.18 Å². The fourth-order valence-corrected chi connectivity index (χ4v) is 1.71. The predicted octanol–water partition coefficient (Wildman–Crippen LogP) is -1.33. The fourth-order valence-electron chi connectivity index (χ4n) is 0.459. The monoisotopic (exact) mass is 193 g/mol. The van der Waals surface area contributed by atoms with Gasteiger partial charge < -0.3 is 0 Å². The third kappa shape index (κ3) is 4.17. The molecule has 56 valence electrons. The first-order chi connectivity index (χ1) is 4.08. The molecule has 0 unspecified atom stereocenters. The average Bonchev–Trinajstić information content (AvgIpc) is 1.53. The quantitative estimate of drug-likeness (QED) is 0.552. The maximum atomic E-state index is 10.2. The Morgan fingerprint density at radius 2 is 2.00 bits per heavy atom. The van der Waals surface area contributed by atoms with Crippen molar-refractivity contribution < 1.29 is 12.6 Å². The van der Waals surface area contributed by atoms with E-state index in [0.717, 1.165) is 11.5 Å². The normalized spacial score (nSPS) is 19.3. The van der Waals surface area contributed by atoms with Gasteiger partial charge >= 0.3 is 39.9 Å². The number of nitrogens with two attached hydrogens (primary N) is 1. The van der Waals surface area contributed by atoms with Crippen LogP contribution in [-0.2, 0) is 14.5 Å². The van der Waals surface area contributed by atoms with Crippen LogP contribution in [0.25, 0.3) is 0 Å². The zero-order chi connectivity index (χ0) is 6.91. The summed E-state index contributed by atoms with van der Waals surface area (Å²) in [5.74, 6) is 1.47. The minimum absolute atomic E-state index is 0. The second-order valence-corrected chi connectivity index (χ2v) is 4.00. The molecule has 0 radical (unpaired) electrons.